The fourth-order valence-electron chi connectivity index (χ4n) is 4.75. The fourth-order valence-corrected chi connectivity index (χ4v) is 5.75. The van der Waals surface area contributed by atoms with E-state index in [9.17, 15) is 4.79 Å². The monoisotopic (exact) mass is 556 g/mol. The van der Waals surface area contributed by atoms with Gasteiger partial charge in [-0.2, -0.15) is 0 Å². The second-order valence-corrected chi connectivity index (χ2v) is 11.0. The summed E-state index contributed by atoms with van der Waals surface area (Å²) in [5.74, 6) is 2.05. The molecule has 0 bridgehead atoms. The van der Waals surface area contributed by atoms with Crippen molar-refractivity contribution in [3.8, 4) is 28.5 Å². The Kier molecular flexibility index (Phi) is 6.85. The number of aromatic nitrogens is 1. The number of rotatable bonds is 7. The Morgan fingerprint density at radius 2 is 1.85 bits per heavy atom. The molecule has 1 aliphatic heterocycles. The second-order valence-electron chi connectivity index (χ2n) is 9.29. The molecule has 5 aromatic rings. The summed E-state index contributed by atoms with van der Waals surface area (Å²) in [6.45, 7) is 2.92. The van der Waals surface area contributed by atoms with E-state index in [0.29, 0.717) is 40.2 Å². The Hall–Kier alpha value is -4.07. The Balaban J connectivity index is 1.46. The zero-order valence-corrected chi connectivity index (χ0v) is 23.0. The zero-order valence-electron chi connectivity index (χ0n) is 21.4. The first kappa shape index (κ1) is 25.2. The quantitative estimate of drug-likeness (QED) is 0.208. The van der Waals surface area contributed by atoms with Crippen LogP contribution < -0.4 is 14.2 Å². The largest absolute Gasteiger partial charge is 0.496 e. The van der Waals surface area contributed by atoms with Crippen molar-refractivity contribution in [2.45, 2.75) is 20.0 Å². The molecule has 0 saturated carbocycles. The molecule has 196 valence electrons. The molecule has 3 heterocycles. The third kappa shape index (κ3) is 5.15. The van der Waals surface area contributed by atoms with Crippen LogP contribution in [-0.2, 0) is 13.1 Å². The molecule has 1 aliphatic rings. The van der Waals surface area contributed by atoms with Crippen LogP contribution >= 0.6 is 22.9 Å². The molecule has 0 aliphatic carbocycles. The van der Waals surface area contributed by atoms with Crippen LogP contribution in [0, 0.1) is 6.92 Å². The smallest absolute Gasteiger partial charge is 0.264 e. The molecule has 0 spiro atoms. The van der Waals surface area contributed by atoms with Gasteiger partial charge >= 0.3 is 0 Å². The summed E-state index contributed by atoms with van der Waals surface area (Å²) in [5.41, 5.74) is 4.21. The van der Waals surface area contributed by atoms with E-state index in [0.717, 1.165) is 38.2 Å². The number of halogens is 1. The van der Waals surface area contributed by atoms with Crippen LogP contribution in [0.2, 0.25) is 5.02 Å². The normalized spacial score (nSPS) is 12.1. The highest BCUT2D eigenvalue weighted by molar-refractivity contribution is 7.13. The number of hydrogen-bond donors (Lipinski definition) is 0. The van der Waals surface area contributed by atoms with Crippen molar-refractivity contribution in [2.24, 2.45) is 0 Å². The summed E-state index contributed by atoms with van der Waals surface area (Å²) in [6.07, 6.45) is 0. The molecule has 3 aromatic carbocycles. The Morgan fingerprint density at radius 3 is 2.67 bits per heavy atom. The van der Waals surface area contributed by atoms with Gasteiger partial charge in [-0.1, -0.05) is 35.9 Å². The first-order valence-electron chi connectivity index (χ1n) is 12.5. The first-order chi connectivity index (χ1) is 19.0. The maximum Gasteiger partial charge on any atom is 0.264 e. The average Bonchev–Trinajstić information content (AvgIpc) is 3.60. The van der Waals surface area contributed by atoms with Gasteiger partial charge in [0.25, 0.3) is 5.91 Å². The maximum absolute atomic E-state index is 13.9. The van der Waals surface area contributed by atoms with E-state index in [4.69, 9.17) is 30.8 Å². The van der Waals surface area contributed by atoms with Crippen molar-refractivity contribution >= 4 is 39.7 Å². The van der Waals surface area contributed by atoms with Gasteiger partial charge in [-0.25, -0.2) is 4.98 Å². The van der Waals surface area contributed by atoms with Gasteiger partial charge < -0.3 is 19.1 Å². The van der Waals surface area contributed by atoms with Crippen molar-refractivity contribution in [2.75, 3.05) is 13.9 Å². The van der Waals surface area contributed by atoms with Gasteiger partial charge in [0.05, 0.1) is 23.2 Å². The summed E-state index contributed by atoms with van der Waals surface area (Å²) in [5, 5.41) is 1.55. The van der Waals surface area contributed by atoms with Crippen LogP contribution in [0.25, 0.3) is 22.2 Å². The average molecular weight is 557 g/mol. The van der Waals surface area contributed by atoms with Crippen LogP contribution in [0.1, 0.15) is 25.7 Å². The molecule has 0 atom stereocenters. The summed E-state index contributed by atoms with van der Waals surface area (Å²) in [4.78, 5) is 22.5. The van der Waals surface area contributed by atoms with Gasteiger partial charge in [0.15, 0.2) is 11.5 Å². The SMILES string of the molecule is COc1ccccc1-c1nc2cc(Cl)ccc2cc1CN(Cc1ccc2c(c1)OCO2)C(=O)c1ccc(C)s1. The molecular weight excluding hydrogens is 532 g/mol. The highest BCUT2D eigenvalue weighted by atomic mass is 35.5. The highest BCUT2D eigenvalue weighted by Gasteiger charge is 2.23. The van der Waals surface area contributed by atoms with Gasteiger partial charge in [-0.3, -0.25) is 4.79 Å². The van der Waals surface area contributed by atoms with Gasteiger partial charge in [0, 0.05) is 33.9 Å². The van der Waals surface area contributed by atoms with E-state index in [1.807, 2.05) is 84.6 Å². The number of thiophene rings is 1. The number of fused-ring (bicyclic) bond motifs is 2. The molecule has 0 unspecified atom stereocenters. The van der Waals surface area contributed by atoms with Crippen LogP contribution in [0.5, 0.6) is 17.2 Å². The summed E-state index contributed by atoms with van der Waals surface area (Å²) >= 11 is 7.80. The number of methoxy groups -OCH3 is 1. The zero-order chi connectivity index (χ0) is 26.9. The van der Waals surface area contributed by atoms with Gasteiger partial charge in [-0.05, 0) is 72.6 Å². The fraction of sp³-hybridized carbons (Fsp3) is 0.161. The molecule has 6 rings (SSSR count). The topological polar surface area (TPSA) is 60.9 Å². The number of aryl methyl sites for hydroxylation is 1. The molecule has 0 fully saturated rings. The minimum atomic E-state index is -0.0482. The lowest BCUT2D eigenvalue weighted by Crippen LogP contribution is -2.30. The van der Waals surface area contributed by atoms with E-state index < -0.39 is 0 Å². The minimum absolute atomic E-state index is 0.0482. The Labute approximate surface area is 235 Å². The molecule has 0 saturated heterocycles. The van der Waals surface area contributed by atoms with Crippen molar-refractivity contribution in [3.05, 3.63) is 105 Å². The summed E-state index contributed by atoms with van der Waals surface area (Å²) in [7, 11) is 1.64. The number of benzene rings is 3. The van der Waals surface area contributed by atoms with Crippen LogP contribution in [0.15, 0.2) is 78.9 Å². The van der Waals surface area contributed by atoms with Crippen molar-refractivity contribution in [1.82, 2.24) is 9.88 Å². The molecule has 1 amide bonds. The van der Waals surface area contributed by atoms with E-state index >= 15 is 0 Å². The van der Waals surface area contributed by atoms with Gasteiger partial charge in [0.2, 0.25) is 6.79 Å². The number of carbonyl (C=O) groups is 1. The molecule has 0 radical (unpaired) electrons. The maximum atomic E-state index is 13.9. The predicted molar refractivity (Wildman–Crippen MR) is 154 cm³/mol. The molecular formula is C31H25ClN2O4S. The number of pyridine rings is 1. The standard InChI is InChI=1S/C31H25ClN2O4S/c1-19-7-12-29(39-19)31(35)34(16-20-8-11-27-28(13-20)38-18-37-27)17-22-14-21-9-10-23(32)15-25(21)33-30(22)24-5-3-4-6-26(24)36-2/h3-15H,16-18H2,1-2H3. The number of para-hydroxylation sites is 1. The van der Waals surface area contributed by atoms with Crippen LogP contribution in [-0.4, -0.2) is 29.7 Å². The molecule has 0 N–H and O–H groups in total. The second kappa shape index (κ2) is 10.6. The van der Waals surface area contributed by atoms with E-state index in [-0.39, 0.29) is 12.7 Å². The van der Waals surface area contributed by atoms with E-state index in [1.165, 1.54) is 11.3 Å². The Bertz CT molecular complexity index is 1700. The van der Waals surface area contributed by atoms with Crippen LogP contribution in [0.4, 0.5) is 0 Å². The number of carbonyl (C=O) groups excluding carboxylic acids is 1. The lowest BCUT2D eigenvalue weighted by molar-refractivity contribution is 0.0735. The summed E-state index contributed by atoms with van der Waals surface area (Å²) < 4.78 is 16.8. The Morgan fingerprint density at radius 1 is 1.00 bits per heavy atom. The van der Waals surface area contributed by atoms with Gasteiger partial charge in [0.1, 0.15) is 5.75 Å². The minimum Gasteiger partial charge on any atom is -0.496 e. The third-order valence-corrected chi connectivity index (χ3v) is 7.85. The molecule has 8 heteroatoms. The number of amides is 1. The lowest BCUT2D eigenvalue weighted by Gasteiger charge is -2.24. The summed E-state index contributed by atoms with van der Waals surface area (Å²) in [6, 6.07) is 25.1. The number of hydrogen-bond acceptors (Lipinski definition) is 6. The van der Waals surface area contributed by atoms with E-state index in [2.05, 4.69) is 6.07 Å². The predicted octanol–water partition coefficient (Wildman–Crippen LogP) is 7.51. The lowest BCUT2D eigenvalue weighted by atomic mass is 10.0. The van der Waals surface area contributed by atoms with Crippen LogP contribution in [0.3, 0.4) is 0 Å². The molecule has 2 aromatic heterocycles. The number of nitrogens with zero attached hydrogens (tertiary/aromatic N) is 2. The van der Waals surface area contributed by atoms with Gasteiger partial charge in [-0.15, -0.1) is 11.3 Å². The van der Waals surface area contributed by atoms with E-state index in [1.54, 1.807) is 7.11 Å². The van der Waals surface area contributed by atoms with Crippen molar-refractivity contribution < 1.29 is 19.0 Å². The molecule has 6 nitrogen and oxygen atoms in total. The first-order valence-corrected chi connectivity index (χ1v) is 13.6. The number of ether oxygens (including phenoxy) is 3. The third-order valence-electron chi connectivity index (χ3n) is 6.63. The highest BCUT2D eigenvalue weighted by Crippen LogP contribution is 2.36. The van der Waals surface area contributed by atoms with Crippen molar-refractivity contribution in [3.63, 3.8) is 0 Å². The van der Waals surface area contributed by atoms with Crippen molar-refractivity contribution in [1.29, 1.82) is 0 Å². The molecule has 39 heavy (non-hydrogen) atoms.